The van der Waals surface area contributed by atoms with Gasteiger partial charge in [0.25, 0.3) is 0 Å². The predicted octanol–water partition coefficient (Wildman–Crippen LogP) is 0.945. The van der Waals surface area contributed by atoms with Crippen LogP contribution < -0.4 is 5.32 Å². The normalized spacial score (nSPS) is 35.7. The van der Waals surface area contributed by atoms with Crippen molar-refractivity contribution in [1.82, 2.24) is 10.2 Å². The topological polar surface area (TPSA) is 69.6 Å². The molecule has 0 bridgehead atoms. The van der Waals surface area contributed by atoms with Crippen LogP contribution in [0.1, 0.15) is 32.1 Å². The van der Waals surface area contributed by atoms with Crippen molar-refractivity contribution in [2.45, 2.75) is 32.1 Å². The second kappa shape index (κ2) is 5.72. The summed E-state index contributed by atoms with van der Waals surface area (Å²) in [6, 6.07) is 0. The maximum Gasteiger partial charge on any atom is 0.317 e. The van der Waals surface area contributed by atoms with Gasteiger partial charge in [0.2, 0.25) is 5.91 Å². The minimum atomic E-state index is -0.820. The van der Waals surface area contributed by atoms with E-state index in [1.165, 1.54) is 6.42 Å². The monoisotopic (exact) mass is 280 g/mol. The van der Waals surface area contributed by atoms with Gasteiger partial charge in [-0.25, -0.2) is 0 Å². The Morgan fingerprint density at radius 3 is 2.65 bits per heavy atom. The second-order valence-corrected chi connectivity index (χ2v) is 6.74. The van der Waals surface area contributed by atoms with Gasteiger partial charge >= 0.3 is 5.97 Å². The van der Waals surface area contributed by atoms with Crippen molar-refractivity contribution in [3.05, 3.63) is 0 Å². The summed E-state index contributed by atoms with van der Waals surface area (Å²) >= 11 is 0. The number of likely N-dealkylation sites (tertiary alicyclic amines) is 1. The van der Waals surface area contributed by atoms with Crippen LogP contribution in [-0.4, -0.2) is 48.1 Å². The van der Waals surface area contributed by atoms with E-state index >= 15 is 0 Å². The number of rotatable bonds is 5. The number of hydrogen-bond donors (Lipinski definition) is 2. The Hall–Kier alpha value is -1.10. The molecule has 5 heteroatoms. The van der Waals surface area contributed by atoms with E-state index in [9.17, 15) is 9.59 Å². The molecule has 5 nitrogen and oxygen atoms in total. The molecule has 20 heavy (non-hydrogen) atoms. The van der Waals surface area contributed by atoms with Crippen molar-refractivity contribution >= 4 is 11.9 Å². The summed E-state index contributed by atoms with van der Waals surface area (Å²) in [5.41, 5.74) is 0. The molecule has 3 fully saturated rings. The summed E-state index contributed by atoms with van der Waals surface area (Å²) in [5.74, 6) is 1.93. The van der Waals surface area contributed by atoms with Crippen LogP contribution in [0, 0.1) is 23.7 Å². The fourth-order valence-electron chi connectivity index (χ4n) is 3.99. The van der Waals surface area contributed by atoms with Gasteiger partial charge in [-0.05, 0) is 49.9 Å². The van der Waals surface area contributed by atoms with E-state index in [2.05, 4.69) is 5.32 Å². The molecule has 0 radical (unpaired) electrons. The van der Waals surface area contributed by atoms with Gasteiger partial charge in [-0.15, -0.1) is 0 Å². The first-order chi connectivity index (χ1) is 9.63. The second-order valence-electron chi connectivity index (χ2n) is 6.74. The summed E-state index contributed by atoms with van der Waals surface area (Å²) in [6.45, 7) is 2.40. The zero-order chi connectivity index (χ0) is 14.1. The molecular formula is C15H24N2O3. The van der Waals surface area contributed by atoms with E-state index in [0.29, 0.717) is 18.4 Å². The lowest BCUT2D eigenvalue weighted by atomic mass is 9.95. The van der Waals surface area contributed by atoms with E-state index in [-0.39, 0.29) is 12.5 Å². The van der Waals surface area contributed by atoms with E-state index < -0.39 is 5.97 Å². The summed E-state index contributed by atoms with van der Waals surface area (Å²) in [7, 11) is 0. The number of amides is 1. The maximum absolute atomic E-state index is 12.5. The van der Waals surface area contributed by atoms with Crippen molar-refractivity contribution in [1.29, 1.82) is 0 Å². The number of piperidine rings is 1. The van der Waals surface area contributed by atoms with Gasteiger partial charge < -0.3 is 15.3 Å². The lowest BCUT2D eigenvalue weighted by Gasteiger charge is -2.34. The number of carboxylic acid groups (broad SMARTS) is 1. The molecule has 0 aromatic rings. The minimum absolute atomic E-state index is 0.0103. The Morgan fingerprint density at radius 2 is 1.95 bits per heavy atom. The van der Waals surface area contributed by atoms with Crippen LogP contribution in [0.2, 0.25) is 0 Å². The molecule has 1 aliphatic heterocycles. The van der Waals surface area contributed by atoms with Crippen LogP contribution in [0.4, 0.5) is 0 Å². The summed E-state index contributed by atoms with van der Waals surface area (Å²) in [6.07, 6.45) is 5.71. The zero-order valence-electron chi connectivity index (χ0n) is 11.9. The number of aliphatic carboxylic acids is 1. The highest BCUT2D eigenvalue weighted by atomic mass is 16.4. The molecular weight excluding hydrogens is 256 g/mol. The molecule has 2 aliphatic carbocycles. The quantitative estimate of drug-likeness (QED) is 0.786. The van der Waals surface area contributed by atoms with Gasteiger partial charge in [0.05, 0.1) is 6.54 Å². The number of nitrogens with zero attached hydrogens (tertiary/aromatic N) is 1. The first kappa shape index (κ1) is 13.9. The van der Waals surface area contributed by atoms with Crippen molar-refractivity contribution < 1.29 is 14.7 Å². The standard InChI is InChI=1S/C15H24N2O3/c18-14(19)8-16-7-10-2-1-3-17(9-10)15(20)13-5-11-4-12(11)6-13/h10-13,16H,1-9H2,(H,18,19). The van der Waals surface area contributed by atoms with Gasteiger partial charge in [0, 0.05) is 25.6 Å². The van der Waals surface area contributed by atoms with Gasteiger partial charge in [-0.3, -0.25) is 9.59 Å². The largest absolute Gasteiger partial charge is 0.480 e. The molecule has 3 rings (SSSR count). The average Bonchev–Trinajstić information content (AvgIpc) is 3.04. The van der Waals surface area contributed by atoms with Crippen LogP contribution in [-0.2, 0) is 9.59 Å². The van der Waals surface area contributed by atoms with E-state index in [0.717, 1.165) is 50.6 Å². The highest BCUT2D eigenvalue weighted by Gasteiger charge is 2.48. The first-order valence-corrected chi connectivity index (χ1v) is 7.84. The van der Waals surface area contributed by atoms with Crippen LogP contribution in [0.3, 0.4) is 0 Å². The van der Waals surface area contributed by atoms with E-state index in [1.807, 2.05) is 4.90 Å². The highest BCUT2D eigenvalue weighted by molar-refractivity contribution is 5.79. The van der Waals surface area contributed by atoms with Crippen molar-refractivity contribution in [2.24, 2.45) is 23.7 Å². The number of nitrogens with one attached hydrogen (secondary N) is 1. The van der Waals surface area contributed by atoms with Crippen LogP contribution in [0.5, 0.6) is 0 Å². The Labute approximate surface area is 119 Å². The highest BCUT2D eigenvalue weighted by Crippen LogP contribution is 2.54. The fraction of sp³-hybridized carbons (Fsp3) is 0.867. The number of carbonyl (C=O) groups is 2. The fourth-order valence-corrected chi connectivity index (χ4v) is 3.99. The van der Waals surface area contributed by atoms with Crippen LogP contribution in [0.15, 0.2) is 0 Å². The zero-order valence-corrected chi connectivity index (χ0v) is 11.9. The molecule has 3 unspecified atom stereocenters. The molecule has 0 aromatic heterocycles. The predicted molar refractivity (Wildman–Crippen MR) is 74.1 cm³/mol. The van der Waals surface area contributed by atoms with Crippen molar-refractivity contribution in [2.75, 3.05) is 26.2 Å². The Kier molecular flexibility index (Phi) is 3.96. The number of fused-ring (bicyclic) bond motifs is 1. The maximum atomic E-state index is 12.5. The van der Waals surface area contributed by atoms with E-state index in [4.69, 9.17) is 5.11 Å². The van der Waals surface area contributed by atoms with Crippen molar-refractivity contribution in [3.8, 4) is 0 Å². The Bertz CT molecular complexity index is 389. The Balaban J connectivity index is 1.44. The lowest BCUT2D eigenvalue weighted by molar-refractivity contribution is -0.138. The number of carboxylic acids is 1. The molecule has 3 atom stereocenters. The summed E-state index contributed by atoms with van der Waals surface area (Å²) < 4.78 is 0. The number of carbonyl (C=O) groups excluding carboxylic acids is 1. The van der Waals surface area contributed by atoms with Gasteiger partial charge in [0.15, 0.2) is 0 Å². The van der Waals surface area contributed by atoms with Gasteiger partial charge in [-0.1, -0.05) is 0 Å². The molecule has 0 spiro atoms. The lowest BCUT2D eigenvalue weighted by Crippen LogP contribution is -2.45. The van der Waals surface area contributed by atoms with Crippen LogP contribution >= 0.6 is 0 Å². The average molecular weight is 280 g/mol. The molecule has 3 aliphatic rings. The molecule has 2 N–H and O–H groups in total. The minimum Gasteiger partial charge on any atom is -0.480 e. The van der Waals surface area contributed by atoms with Gasteiger partial charge in [0.1, 0.15) is 0 Å². The summed E-state index contributed by atoms with van der Waals surface area (Å²) in [4.78, 5) is 25.0. The van der Waals surface area contributed by atoms with Crippen molar-refractivity contribution in [3.63, 3.8) is 0 Å². The third kappa shape index (κ3) is 3.14. The SMILES string of the molecule is O=C(O)CNCC1CCCN(C(=O)C2CC3CC3C2)C1. The molecule has 1 amide bonds. The molecule has 1 heterocycles. The summed E-state index contributed by atoms with van der Waals surface area (Å²) in [5, 5.41) is 11.6. The smallest absolute Gasteiger partial charge is 0.317 e. The number of hydrogen-bond acceptors (Lipinski definition) is 3. The molecule has 1 saturated heterocycles. The molecule has 112 valence electrons. The molecule has 0 aromatic carbocycles. The third-order valence-electron chi connectivity index (χ3n) is 5.13. The Morgan fingerprint density at radius 1 is 1.20 bits per heavy atom. The first-order valence-electron chi connectivity index (χ1n) is 7.84. The van der Waals surface area contributed by atoms with E-state index in [1.54, 1.807) is 0 Å². The molecule has 2 saturated carbocycles. The third-order valence-corrected chi connectivity index (χ3v) is 5.13. The van der Waals surface area contributed by atoms with Gasteiger partial charge in [-0.2, -0.15) is 0 Å². The van der Waals surface area contributed by atoms with Crippen LogP contribution in [0.25, 0.3) is 0 Å².